The smallest absolute Gasteiger partial charge is 0.410 e. The van der Waals surface area contributed by atoms with Gasteiger partial charge in [0.05, 0.1) is 6.04 Å². The molecule has 0 aromatic heterocycles. The minimum Gasteiger partial charge on any atom is -0.447 e. The molecule has 4 nitrogen and oxygen atoms in total. The highest BCUT2D eigenvalue weighted by Crippen LogP contribution is 2.23. The molecule has 2 saturated heterocycles. The van der Waals surface area contributed by atoms with E-state index in [0.717, 1.165) is 19.6 Å². The maximum absolute atomic E-state index is 11.3. The van der Waals surface area contributed by atoms with Gasteiger partial charge < -0.3 is 4.74 Å². The van der Waals surface area contributed by atoms with Crippen LogP contribution < -0.4 is 0 Å². The average Bonchev–Trinajstić information content (AvgIpc) is 2.46. The SMILES string of the molecule is CC(C)(C)N1CCN2C(=O)OC[C@H]2C1. The van der Waals surface area contributed by atoms with Gasteiger partial charge in [0.15, 0.2) is 0 Å². The van der Waals surface area contributed by atoms with Crippen molar-refractivity contribution in [1.82, 2.24) is 9.80 Å². The third-order valence-corrected chi connectivity index (χ3v) is 3.07. The van der Waals surface area contributed by atoms with Crippen LogP contribution in [0.3, 0.4) is 0 Å². The highest BCUT2D eigenvalue weighted by molar-refractivity contribution is 5.70. The maximum atomic E-state index is 11.3. The summed E-state index contributed by atoms with van der Waals surface area (Å²) in [5.41, 5.74) is 0.192. The van der Waals surface area contributed by atoms with Crippen LogP contribution >= 0.6 is 0 Å². The minimum absolute atomic E-state index is 0.136. The first kappa shape index (κ1) is 9.77. The molecule has 14 heavy (non-hydrogen) atoms. The number of hydrogen-bond donors (Lipinski definition) is 0. The van der Waals surface area contributed by atoms with Crippen LogP contribution in [0.1, 0.15) is 20.8 Å². The first-order chi connectivity index (χ1) is 6.48. The number of fused-ring (bicyclic) bond motifs is 1. The molecule has 2 rings (SSSR count). The van der Waals surface area contributed by atoms with Crippen LogP contribution in [0.2, 0.25) is 0 Å². The maximum Gasteiger partial charge on any atom is 0.410 e. The van der Waals surface area contributed by atoms with Crippen LogP contribution in [0.25, 0.3) is 0 Å². The number of cyclic esters (lactones) is 1. The molecule has 4 heteroatoms. The molecule has 80 valence electrons. The summed E-state index contributed by atoms with van der Waals surface area (Å²) in [6.07, 6.45) is -0.136. The Morgan fingerprint density at radius 2 is 2.07 bits per heavy atom. The largest absolute Gasteiger partial charge is 0.447 e. The van der Waals surface area contributed by atoms with Crippen molar-refractivity contribution in [2.24, 2.45) is 0 Å². The highest BCUT2D eigenvalue weighted by atomic mass is 16.6. The molecule has 1 amide bonds. The van der Waals surface area contributed by atoms with Gasteiger partial charge >= 0.3 is 6.09 Å². The normalized spacial score (nSPS) is 28.9. The topological polar surface area (TPSA) is 32.8 Å². The average molecular weight is 198 g/mol. The molecular formula is C10H18N2O2. The van der Waals surface area contributed by atoms with Crippen LogP contribution in [0.15, 0.2) is 0 Å². The molecule has 0 N–H and O–H groups in total. The molecule has 0 spiro atoms. The summed E-state index contributed by atoms with van der Waals surface area (Å²) < 4.78 is 5.02. The van der Waals surface area contributed by atoms with Crippen LogP contribution in [0.5, 0.6) is 0 Å². The van der Waals surface area contributed by atoms with E-state index in [1.54, 1.807) is 0 Å². The van der Waals surface area contributed by atoms with Gasteiger partial charge in [-0.05, 0) is 20.8 Å². The van der Waals surface area contributed by atoms with E-state index >= 15 is 0 Å². The van der Waals surface area contributed by atoms with E-state index in [1.165, 1.54) is 0 Å². The van der Waals surface area contributed by atoms with E-state index in [-0.39, 0.29) is 17.7 Å². The monoisotopic (exact) mass is 198 g/mol. The van der Waals surface area contributed by atoms with Gasteiger partial charge in [-0.1, -0.05) is 0 Å². The van der Waals surface area contributed by atoms with Crippen molar-refractivity contribution < 1.29 is 9.53 Å². The minimum atomic E-state index is -0.136. The van der Waals surface area contributed by atoms with E-state index in [9.17, 15) is 4.79 Å². The number of amides is 1. The van der Waals surface area contributed by atoms with Crippen molar-refractivity contribution in [3.8, 4) is 0 Å². The Morgan fingerprint density at radius 3 is 2.71 bits per heavy atom. The second-order valence-electron chi connectivity index (χ2n) is 5.04. The first-order valence-corrected chi connectivity index (χ1v) is 5.17. The van der Waals surface area contributed by atoms with Crippen molar-refractivity contribution in [1.29, 1.82) is 0 Å². The van der Waals surface area contributed by atoms with E-state index in [4.69, 9.17) is 4.74 Å². The zero-order chi connectivity index (χ0) is 10.3. The molecule has 2 heterocycles. The quantitative estimate of drug-likeness (QED) is 0.580. The first-order valence-electron chi connectivity index (χ1n) is 5.17. The number of ether oxygens (including phenoxy) is 1. The van der Waals surface area contributed by atoms with Gasteiger partial charge in [-0.25, -0.2) is 4.79 Å². The van der Waals surface area contributed by atoms with Crippen molar-refractivity contribution in [2.75, 3.05) is 26.2 Å². The number of hydrogen-bond acceptors (Lipinski definition) is 3. The molecule has 1 atom stereocenters. The Balaban J connectivity index is 2.03. The Labute approximate surface area is 84.8 Å². The van der Waals surface area contributed by atoms with E-state index in [1.807, 2.05) is 4.90 Å². The van der Waals surface area contributed by atoms with E-state index < -0.39 is 0 Å². The molecule has 2 fully saturated rings. The molecule has 0 aliphatic carbocycles. The summed E-state index contributed by atoms with van der Waals surface area (Å²) in [6, 6.07) is 0.274. The molecule has 0 aromatic carbocycles. The van der Waals surface area contributed by atoms with Crippen molar-refractivity contribution in [2.45, 2.75) is 32.4 Å². The number of carbonyl (C=O) groups excluding carboxylic acids is 1. The van der Waals surface area contributed by atoms with Gasteiger partial charge in [-0.15, -0.1) is 0 Å². The molecule has 2 aliphatic heterocycles. The van der Waals surface area contributed by atoms with E-state index in [2.05, 4.69) is 25.7 Å². The van der Waals surface area contributed by atoms with Gasteiger partial charge in [0.2, 0.25) is 0 Å². The fourth-order valence-electron chi connectivity index (χ4n) is 2.10. The molecule has 0 saturated carbocycles. The second kappa shape index (κ2) is 3.12. The lowest BCUT2D eigenvalue weighted by Gasteiger charge is -2.43. The number of rotatable bonds is 0. The Morgan fingerprint density at radius 1 is 1.36 bits per heavy atom. The summed E-state index contributed by atoms with van der Waals surface area (Å²) in [7, 11) is 0. The zero-order valence-electron chi connectivity index (χ0n) is 9.12. The van der Waals surface area contributed by atoms with Gasteiger partial charge in [-0.2, -0.15) is 0 Å². The standard InChI is InChI=1S/C10H18N2O2/c1-10(2,3)11-4-5-12-8(6-11)7-14-9(12)13/h8H,4-7H2,1-3H3/t8-/m1/s1. The molecule has 0 unspecified atom stereocenters. The third-order valence-electron chi connectivity index (χ3n) is 3.07. The fraction of sp³-hybridized carbons (Fsp3) is 0.900. The van der Waals surface area contributed by atoms with Crippen LogP contribution in [0.4, 0.5) is 4.79 Å². The number of nitrogens with zero attached hydrogens (tertiary/aromatic N) is 2. The molecular weight excluding hydrogens is 180 g/mol. The lowest BCUT2D eigenvalue weighted by molar-refractivity contribution is 0.0558. The lowest BCUT2D eigenvalue weighted by atomic mass is 10.0. The van der Waals surface area contributed by atoms with Crippen LogP contribution in [0, 0.1) is 0 Å². The highest BCUT2D eigenvalue weighted by Gasteiger charge is 2.39. The molecule has 0 bridgehead atoms. The Bertz CT molecular complexity index is 247. The summed E-state index contributed by atoms with van der Waals surface area (Å²) in [5.74, 6) is 0. The van der Waals surface area contributed by atoms with Crippen LogP contribution in [-0.2, 0) is 4.74 Å². The summed E-state index contributed by atoms with van der Waals surface area (Å²) in [4.78, 5) is 15.5. The number of piperazine rings is 1. The predicted molar refractivity (Wildman–Crippen MR) is 53.2 cm³/mol. The van der Waals surface area contributed by atoms with Gasteiger partial charge in [0.25, 0.3) is 0 Å². The Hall–Kier alpha value is -0.770. The van der Waals surface area contributed by atoms with Crippen molar-refractivity contribution in [3.63, 3.8) is 0 Å². The van der Waals surface area contributed by atoms with Gasteiger partial charge in [-0.3, -0.25) is 9.80 Å². The molecule has 2 aliphatic rings. The lowest BCUT2D eigenvalue weighted by Crippen LogP contribution is -2.57. The molecule has 0 radical (unpaired) electrons. The van der Waals surface area contributed by atoms with Gasteiger partial charge in [0, 0.05) is 25.2 Å². The third kappa shape index (κ3) is 1.59. The van der Waals surface area contributed by atoms with Crippen molar-refractivity contribution >= 4 is 6.09 Å². The van der Waals surface area contributed by atoms with Crippen molar-refractivity contribution in [3.05, 3.63) is 0 Å². The summed E-state index contributed by atoms with van der Waals surface area (Å²) in [6.45, 7) is 9.89. The predicted octanol–water partition coefficient (Wildman–Crippen LogP) is 0.921. The number of carbonyl (C=O) groups is 1. The summed E-state index contributed by atoms with van der Waals surface area (Å²) in [5, 5.41) is 0. The second-order valence-corrected chi connectivity index (χ2v) is 5.04. The Kier molecular flexibility index (Phi) is 2.18. The fourth-order valence-corrected chi connectivity index (χ4v) is 2.10. The summed E-state index contributed by atoms with van der Waals surface area (Å²) >= 11 is 0. The zero-order valence-corrected chi connectivity index (χ0v) is 9.12. The van der Waals surface area contributed by atoms with Gasteiger partial charge in [0.1, 0.15) is 6.61 Å². The van der Waals surface area contributed by atoms with Crippen LogP contribution in [-0.4, -0.2) is 53.7 Å². The van der Waals surface area contributed by atoms with E-state index in [0.29, 0.717) is 6.61 Å². The molecule has 0 aromatic rings.